The molecule has 12 rings (SSSR count). The number of hydrogen-bond donors (Lipinski definition) is 0. The number of hydrogen-bond acceptors (Lipinski definition) is 2. The highest BCUT2D eigenvalue weighted by molar-refractivity contribution is 6.23. The standard InChI is InChI=1S/C59H40N2/c1-59(2)53-29-13-12-26-47(53)51-28-15-27-44(57(51)59)39-20-14-21-41(34-39)54-36-55(61-58(60-54)38-17-4-3-5-18-38)48-32-33-49(46-25-11-10-24-45(46)48)56-43-23-9-7-19-40(43)35-52-42-22-8-6-16-37(42)30-31-50(52)56/h3-36H,1-2H3. The molecular formula is C59H40N2. The Bertz CT molecular complexity index is 3560. The maximum absolute atomic E-state index is 5.34. The molecule has 0 saturated carbocycles. The summed E-state index contributed by atoms with van der Waals surface area (Å²) in [7, 11) is 0. The lowest BCUT2D eigenvalue weighted by atomic mass is 9.78. The highest BCUT2D eigenvalue weighted by atomic mass is 14.9. The second-order valence-corrected chi connectivity index (χ2v) is 16.9. The van der Waals surface area contributed by atoms with Gasteiger partial charge in [-0.15, -0.1) is 0 Å². The van der Waals surface area contributed by atoms with E-state index in [-0.39, 0.29) is 5.41 Å². The topological polar surface area (TPSA) is 25.8 Å². The van der Waals surface area contributed by atoms with Crippen LogP contribution in [0.5, 0.6) is 0 Å². The number of fused-ring (bicyclic) bond motifs is 8. The van der Waals surface area contributed by atoms with Crippen LogP contribution in [0, 0.1) is 0 Å². The summed E-state index contributed by atoms with van der Waals surface area (Å²) in [6, 6.07) is 74.9. The molecule has 2 heteroatoms. The van der Waals surface area contributed by atoms with Crippen LogP contribution in [0.15, 0.2) is 206 Å². The number of aromatic nitrogens is 2. The molecule has 0 aliphatic heterocycles. The van der Waals surface area contributed by atoms with E-state index in [0.29, 0.717) is 5.82 Å². The van der Waals surface area contributed by atoms with Crippen LogP contribution in [0.3, 0.4) is 0 Å². The molecule has 0 bridgehead atoms. The van der Waals surface area contributed by atoms with E-state index in [1.54, 1.807) is 0 Å². The van der Waals surface area contributed by atoms with Gasteiger partial charge in [0.2, 0.25) is 0 Å². The van der Waals surface area contributed by atoms with Gasteiger partial charge in [-0.2, -0.15) is 0 Å². The van der Waals surface area contributed by atoms with Crippen molar-refractivity contribution in [2.24, 2.45) is 0 Å². The van der Waals surface area contributed by atoms with E-state index < -0.39 is 0 Å². The number of benzene rings is 10. The van der Waals surface area contributed by atoms with Crippen LogP contribution < -0.4 is 0 Å². The fourth-order valence-corrected chi connectivity index (χ4v) is 10.2. The van der Waals surface area contributed by atoms with Gasteiger partial charge in [0.1, 0.15) is 0 Å². The predicted octanol–water partition coefficient (Wildman–Crippen LogP) is 15.7. The predicted molar refractivity (Wildman–Crippen MR) is 257 cm³/mol. The van der Waals surface area contributed by atoms with Gasteiger partial charge in [-0.05, 0) is 106 Å². The van der Waals surface area contributed by atoms with Crippen LogP contribution in [0.25, 0.3) is 110 Å². The molecule has 0 radical (unpaired) electrons. The third-order valence-electron chi connectivity index (χ3n) is 13.0. The largest absolute Gasteiger partial charge is 0.228 e. The molecule has 1 aliphatic rings. The molecule has 1 aliphatic carbocycles. The molecule has 10 aromatic carbocycles. The molecule has 0 amide bonds. The first-order valence-corrected chi connectivity index (χ1v) is 21.2. The third-order valence-corrected chi connectivity index (χ3v) is 13.0. The Morgan fingerprint density at radius 3 is 1.79 bits per heavy atom. The zero-order chi connectivity index (χ0) is 40.7. The Balaban J connectivity index is 1.05. The van der Waals surface area contributed by atoms with E-state index in [4.69, 9.17) is 9.97 Å². The molecule has 0 N–H and O–H groups in total. The van der Waals surface area contributed by atoms with Gasteiger partial charge in [0.15, 0.2) is 5.82 Å². The van der Waals surface area contributed by atoms with Gasteiger partial charge in [-0.25, -0.2) is 9.97 Å². The third kappa shape index (κ3) is 5.56. The van der Waals surface area contributed by atoms with Gasteiger partial charge in [-0.1, -0.05) is 202 Å². The first-order chi connectivity index (χ1) is 30.0. The summed E-state index contributed by atoms with van der Waals surface area (Å²) in [4.78, 5) is 10.6. The normalized spacial score (nSPS) is 12.9. The van der Waals surface area contributed by atoms with Crippen LogP contribution in [0.4, 0.5) is 0 Å². The molecular weight excluding hydrogens is 737 g/mol. The van der Waals surface area contributed by atoms with Gasteiger partial charge < -0.3 is 0 Å². The number of nitrogens with zero attached hydrogens (tertiary/aromatic N) is 2. The van der Waals surface area contributed by atoms with Crippen molar-refractivity contribution in [2.75, 3.05) is 0 Å². The zero-order valence-electron chi connectivity index (χ0n) is 34.0. The van der Waals surface area contributed by atoms with E-state index in [1.807, 2.05) is 6.07 Å². The van der Waals surface area contributed by atoms with Crippen LogP contribution in [0.1, 0.15) is 25.0 Å². The minimum atomic E-state index is -0.125. The van der Waals surface area contributed by atoms with Crippen LogP contribution >= 0.6 is 0 Å². The second kappa shape index (κ2) is 13.7. The maximum atomic E-state index is 5.34. The molecule has 0 saturated heterocycles. The molecule has 1 aromatic heterocycles. The van der Waals surface area contributed by atoms with Gasteiger partial charge in [0, 0.05) is 22.1 Å². The van der Waals surface area contributed by atoms with Crippen LogP contribution in [-0.4, -0.2) is 9.97 Å². The molecule has 0 unspecified atom stereocenters. The van der Waals surface area contributed by atoms with Crippen LogP contribution in [0.2, 0.25) is 0 Å². The lowest BCUT2D eigenvalue weighted by Crippen LogP contribution is -2.16. The van der Waals surface area contributed by atoms with E-state index in [9.17, 15) is 0 Å². The van der Waals surface area contributed by atoms with Crippen molar-refractivity contribution in [2.45, 2.75) is 19.3 Å². The van der Waals surface area contributed by atoms with Gasteiger partial charge in [0.25, 0.3) is 0 Å². The highest BCUT2D eigenvalue weighted by Crippen LogP contribution is 2.52. The number of rotatable bonds is 5. The van der Waals surface area contributed by atoms with E-state index in [1.165, 1.54) is 82.2 Å². The van der Waals surface area contributed by atoms with E-state index in [2.05, 4.69) is 214 Å². The molecule has 61 heavy (non-hydrogen) atoms. The van der Waals surface area contributed by atoms with Crippen molar-refractivity contribution in [3.63, 3.8) is 0 Å². The Kier molecular flexibility index (Phi) is 7.92. The Labute approximate surface area is 355 Å². The van der Waals surface area contributed by atoms with E-state index in [0.717, 1.165) is 33.5 Å². The first-order valence-electron chi connectivity index (χ1n) is 21.2. The SMILES string of the molecule is CC1(C)c2ccccc2-c2cccc(-c3cccc(-c4cc(-c5ccc(-c6c7ccccc7cc7c6ccc6ccccc67)c6ccccc56)nc(-c5ccccc5)n4)c3)c21. The summed E-state index contributed by atoms with van der Waals surface area (Å²) in [5.41, 5.74) is 15.1. The second-order valence-electron chi connectivity index (χ2n) is 16.9. The van der Waals surface area contributed by atoms with Crippen molar-refractivity contribution in [1.29, 1.82) is 0 Å². The lowest BCUT2D eigenvalue weighted by Gasteiger charge is -2.24. The summed E-state index contributed by atoms with van der Waals surface area (Å²) < 4.78 is 0. The van der Waals surface area contributed by atoms with Crippen molar-refractivity contribution in [3.8, 4) is 67.3 Å². The van der Waals surface area contributed by atoms with Crippen molar-refractivity contribution < 1.29 is 0 Å². The van der Waals surface area contributed by atoms with Crippen molar-refractivity contribution >= 4 is 43.1 Å². The molecule has 2 nitrogen and oxygen atoms in total. The Morgan fingerprint density at radius 2 is 0.934 bits per heavy atom. The molecule has 0 fully saturated rings. The molecule has 11 aromatic rings. The Hall–Kier alpha value is -7.68. The van der Waals surface area contributed by atoms with Gasteiger partial charge in [0.05, 0.1) is 11.4 Å². The summed E-state index contributed by atoms with van der Waals surface area (Å²) in [6.45, 7) is 4.71. The van der Waals surface area contributed by atoms with Crippen molar-refractivity contribution in [1.82, 2.24) is 9.97 Å². The van der Waals surface area contributed by atoms with Crippen molar-refractivity contribution in [3.05, 3.63) is 217 Å². The van der Waals surface area contributed by atoms with Crippen LogP contribution in [-0.2, 0) is 5.41 Å². The summed E-state index contributed by atoms with van der Waals surface area (Å²) in [6.07, 6.45) is 0. The highest BCUT2D eigenvalue weighted by Gasteiger charge is 2.37. The fourth-order valence-electron chi connectivity index (χ4n) is 10.2. The zero-order valence-corrected chi connectivity index (χ0v) is 34.0. The summed E-state index contributed by atoms with van der Waals surface area (Å²) in [5.74, 6) is 0.704. The summed E-state index contributed by atoms with van der Waals surface area (Å²) >= 11 is 0. The average molecular weight is 777 g/mol. The van der Waals surface area contributed by atoms with E-state index >= 15 is 0 Å². The van der Waals surface area contributed by atoms with Gasteiger partial charge >= 0.3 is 0 Å². The molecule has 1 heterocycles. The summed E-state index contributed by atoms with van der Waals surface area (Å²) in [5, 5.41) is 9.86. The quantitative estimate of drug-likeness (QED) is 0.128. The average Bonchev–Trinajstić information content (AvgIpc) is 3.56. The smallest absolute Gasteiger partial charge is 0.160 e. The fraction of sp³-hybridized carbons (Fsp3) is 0.0508. The maximum Gasteiger partial charge on any atom is 0.160 e. The Morgan fingerprint density at radius 1 is 0.328 bits per heavy atom. The molecule has 0 spiro atoms. The molecule has 0 atom stereocenters. The van der Waals surface area contributed by atoms with Gasteiger partial charge in [-0.3, -0.25) is 0 Å². The monoisotopic (exact) mass is 776 g/mol. The lowest BCUT2D eigenvalue weighted by molar-refractivity contribution is 0.662. The minimum absolute atomic E-state index is 0.125. The first kappa shape index (κ1) is 35.3. The minimum Gasteiger partial charge on any atom is -0.228 e. The molecule has 286 valence electrons.